The second-order valence-corrected chi connectivity index (χ2v) is 11.0. The highest BCUT2D eigenvalue weighted by molar-refractivity contribution is 5.68. The number of nitrogens with one attached hydrogen (secondary N) is 2. The number of amides is 1. The Balaban J connectivity index is 1.74. The van der Waals surface area contributed by atoms with Crippen molar-refractivity contribution in [2.45, 2.75) is 71.8 Å². The SMILES string of the molecule is CC(C)Cc1ccc(-n2ccnc2)c(CNCC(O)C(Cc2cc(F)cc(F)c2)NC(=O)OC(C)(C)C)c1. The molecule has 0 aliphatic carbocycles. The molecule has 0 fully saturated rings. The Kier molecular flexibility index (Phi) is 9.99. The van der Waals surface area contributed by atoms with Crippen LogP contribution in [0.2, 0.25) is 0 Å². The van der Waals surface area contributed by atoms with E-state index in [4.69, 9.17) is 4.74 Å². The summed E-state index contributed by atoms with van der Waals surface area (Å²) in [6, 6.07) is 8.60. The minimum Gasteiger partial charge on any atom is -0.444 e. The summed E-state index contributed by atoms with van der Waals surface area (Å²) in [5.74, 6) is -0.946. The lowest BCUT2D eigenvalue weighted by molar-refractivity contribution is 0.0422. The number of nitrogens with zero attached hydrogens (tertiary/aromatic N) is 2. The van der Waals surface area contributed by atoms with Crippen LogP contribution in [-0.4, -0.2) is 45.0 Å². The number of rotatable bonds is 11. The lowest BCUT2D eigenvalue weighted by atomic mass is 9.99. The zero-order chi connectivity index (χ0) is 27.9. The van der Waals surface area contributed by atoms with Crippen LogP contribution in [0.25, 0.3) is 5.69 Å². The van der Waals surface area contributed by atoms with Gasteiger partial charge in [-0.2, -0.15) is 0 Å². The van der Waals surface area contributed by atoms with Crippen molar-refractivity contribution in [3.8, 4) is 5.69 Å². The van der Waals surface area contributed by atoms with Gasteiger partial charge in [0.05, 0.1) is 24.2 Å². The molecule has 2 unspecified atom stereocenters. The van der Waals surface area contributed by atoms with Crippen molar-refractivity contribution < 1.29 is 23.4 Å². The lowest BCUT2D eigenvalue weighted by Crippen LogP contribution is -2.50. The zero-order valence-electron chi connectivity index (χ0n) is 22.7. The number of aromatic nitrogens is 2. The van der Waals surface area contributed by atoms with E-state index in [9.17, 15) is 18.7 Å². The molecule has 0 saturated carbocycles. The van der Waals surface area contributed by atoms with E-state index < -0.39 is 35.5 Å². The Morgan fingerprint density at radius 1 is 1.08 bits per heavy atom. The van der Waals surface area contributed by atoms with Crippen LogP contribution in [0, 0.1) is 17.6 Å². The molecule has 1 heterocycles. The molecule has 2 aromatic carbocycles. The second-order valence-electron chi connectivity index (χ2n) is 11.0. The Bertz CT molecular complexity index is 1170. The number of ether oxygens (including phenoxy) is 1. The van der Waals surface area contributed by atoms with E-state index in [0.717, 1.165) is 23.7 Å². The van der Waals surface area contributed by atoms with Gasteiger partial charge in [0.1, 0.15) is 17.2 Å². The highest BCUT2D eigenvalue weighted by Crippen LogP contribution is 2.19. The average molecular weight is 529 g/mol. The maximum atomic E-state index is 13.8. The summed E-state index contributed by atoms with van der Waals surface area (Å²) in [7, 11) is 0. The summed E-state index contributed by atoms with van der Waals surface area (Å²) in [5.41, 5.74) is 2.77. The number of hydrogen-bond donors (Lipinski definition) is 3. The quantitative estimate of drug-likeness (QED) is 0.328. The molecule has 0 aliphatic heterocycles. The van der Waals surface area contributed by atoms with E-state index in [0.29, 0.717) is 18.0 Å². The summed E-state index contributed by atoms with van der Waals surface area (Å²) in [6.45, 7) is 10.1. The fourth-order valence-electron chi connectivity index (χ4n) is 4.25. The molecule has 38 heavy (non-hydrogen) atoms. The highest BCUT2D eigenvalue weighted by atomic mass is 19.1. The van der Waals surface area contributed by atoms with Crippen LogP contribution in [0.4, 0.5) is 13.6 Å². The number of aliphatic hydroxyl groups excluding tert-OH is 1. The number of carbonyl (C=O) groups excluding carboxylic acids is 1. The molecule has 2 atom stereocenters. The predicted octanol–water partition coefficient (Wildman–Crippen LogP) is 4.94. The summed E-state index contributed by atoms with van der Waals surface area (Å²) >= 11 is 0. The van der Waals surface area contributed by atoms with Crippen LogP contribution in [-0.2, 0) is 24.1 Å². The van der Waals surface area contributed by atoms with Crippen molar-refractivity contribution in [1.82, 2.24) is 20.2 Å². The number of halogens is 2. The Morgan fingerprint density at radius 2 is 1.79 bits per heavy atom. The minimum atomic E-state index is -1.07. The van der Waals surface area contributed by atoms with Crippen LogP contribution in [0.1, 0.15) is 51.3 Å². The third kappa shape index (κ3) is 9.22. The molecule has 3 aromatic rings. The van der Waals surface area contributed by atoms with Crippen LogP contribution in [0.3, 0.4) is 0 Å². The first-order valence-electron chi connectivity index (χ1n) is 12.8. The number of hydrogen-bond acceptors (Lipinski definition) is 5. The lowest BCUT2D eigenvalue weighted by Gasteiger charge is -2.27. The van der Waals surface area contributed by atoms with Gasteiger partial charge in [-0.15, -0.1) is 0 Å². The molecule has 0 radical (unpaired) electrons. The number of benzene rings is 2. The van der Waals surface area contributed by atoms with E-state index >= 15 is 0 Å². The van der Waals surface area contributed by atoms with Gasteiger partial charge in [0.25, 0.3) is 0 Å². The maximum Gasteiger partial charge on any atom is 0.407 e. The molecular weight excluding hydrogens is 490 g/mol. The van der Waals surface area contributed by atoms with Gasteiger partial charge in [-0.3, -0.25) is 0 Å². The molecule has 0 aliphatic rings. The normalized spacial score (nSPS) is 13.4. The molecule has 0 saturated heterocycles. The predicted molar refractivity (Wildman–Crippen MR) is 143 cm³/mol. The molecule has 7 nitrogen and oxygen atoms in total. The molecule has 3 N–H and O–H groups in total. The molecular formula is C29H38F2N4O3. The van der Waals surface area contributed by atoms with Crippen molar-refractivity contribution in [2.24, 2.45) is 5.92 Å². The van der Waals surface area contributed by atoms with Gasteiger partial charge in [0.15, 0.2) is 0 Å². The molecule has 9 heteroatoms. The van der Waals surface area contributed by atoms with Crippen molar-refractivity contribution in [1.29, 1.82) is 0 Å². The van der Waals surface area contributed by atoms with E-state index in [1.54, 1.807) is 33.3 Å². The molecule has 1 amide bonds. The minimum absolute atomic E-state index is 0.0148. The fraction of sp³-hybridized carbons (Fsp3) is 0.448. The van der Waals surface area contributed by atoms with Crippen molar-refractivity contribution >= 4 is 6.09 Å². The summed E-state index contributed by atoms with van der Waals surface area (Å²) in [4.78, 5) is 16.6. The number of imidazole rings is 1. The van der Waals surface area contributed by atoms with Crippen LogP contribution >= 0.6 is 0 Å². The van der Waals surface area contributed by atoms with E-state index in [1.807, 2.05) is 10.8 Å². The third-order valence-electron chi connectivity index (χ3n) is 5.78. The largest absolute Gasteiger partial charge is 0.444 e. The van der Waals surface area contributed by atoms with E-state index in [1.165, 1.54) is 17.7 Å². The molecule has 0 spiro atoms. The number of carbonyl (C=O) groups is 1. The maximum absolute atomic E-state index is 13.8. The number of aliphatic hydroxyl groups is 1. The highest BCUT2D eigenvalue weighted by Gasteiger charge is 2.25. The molecule has 1 aromatic heterocycles. The smallest absolute Gasteiger partial charge is 0.407 e. The standard InChI is InChI=1S/C29H38F2N4O3/c1-19(2)10-20-6-7-26(35-9-8-32-18-35)22(11-20)16-33-17-27(36)25(34-28(37)38-29(3,4)5)14-21-12-23(30)15-24(31)13-21/h6-9,11-13,15,18-19,25,27,33,36H,10,14,16-17H2,1-5H3,(H,34,37). The number of alkyl carbamates (subject to hydrolysis) is 1. The van der Waals surface area contributed by atoms with Gasteiger partial charge in [-0.05, 0) is 74.4 Å². The topological polar surface area (TPSA) is 88.4 Å². The summed E-state index contributed by atoms with van der Waals surface area (Å²) in [6.07, 6.45) is 4.48. The molecule has 0 bridgehead atoms. The Hall–Kier alpha value is -3.30. The fourth-order valence-corrected chi connectivity index (χ4v) is 4.25. The van der Waals surface area contributed by atoms with Crippen LogP contribution < -0.4 is 10.6 Å². The van der Waals surface area contributed by atoms with Crippen LogP contribution in [0.5, 0.6) is 0 Å². The van der Waals surface area contributed by atoms with Crippen LogP contribution in [0.15, 0.2) is 55.1 Å². The van der Waals surface area contributed by atoms with Gasteiger partial charge in [0.2, 0.25) is 0 Å². The van der Waals surface area contributed by atoms with E-state index in [2.05, 4.69) is 47.7 Å². The monoisotopic (exact) mass is 528 g/mol. The first kappa shape index (κ1) is 29.3. The van der Waals surface area contributed by atoms with Crippen molar-refractivity contribution in [3.05, 3.63) is 83.4 Å². The molecule has 3 rings (SSSR count). The molecule has 206 valence electrons. The first-order valence-corrected chi connectivity index (χ1v) is 12.8. The Labute approximate surface area is 223 Å². The first-order chi connectivity index (χ1) is 17.9. The Morgan fingerprint density at radius 3 is 2.39 bits per heavy atom. The summed E-state index contributed by atoms with van der Waals surface area (Å²) in [5, 5.41) is 17.0. The third-order valence-corrected chi connectivity index (χ3v) is 5.78. The second kappa shape index (κ2) is 13.0. The average Bonchev–Trinajstić information content (AvgIpc) is 3.31. The van der Waals surface area contributed by atoms with Gasteiger partial charge in [0, 0.05) is 31.5 Å². The van der Waals surface area contributed by atoms with Gasteiger partial charge >= 0.3 is 6.09 Å². The van der Waals surface area contributed by atoms with Crippen molar-refractivity contribution in [3.63, 3.8) is 0 Å². The van der Waals surface area contributed by atoms with E-state index in [-0.39, 0.29) is 13.0 Å². The summed E-state index contributed by atoms with van der Waals surface area (Å²) < 4.78 is 34.8. The van der Waals surface area contributed by atoms with Gasteiger partial charge in [-0.25, -0.2) is 18.6 Å². The zero-order valence-corrected chi connectivity index (χ0v) is 22.7. The van der Waals surface area contributed by atoms with Gasteiger partial charge < -0.3 is 25.0 Å². The van der Waals surface area contributed by atoms with Gasteiger partial charge in [-0.1, -0.05) is 26.0 Å². The van der Waals surface area contributed by atoms with Crippen molar-refractivity contribution in [2.75, 3.05) is 6.54 Å².